The van der Waals surface area contributed by atoms with E-state index in [2.05, 4.69) is 36.2 Å². The maximum Gasteiger partial charge on any atom is 0.417 e. The lowest BCUT2D eigenvalue weighted by molar-refractivity contribution is -0.137. The second-order valence-electron chi connectivity index (χ2n) is 3.32. The SMILES string of the molecule is O/N=C(\c1ncc(C(F)(F)F)cc1Br)n1cncn1. The monoisotopic (exact) mass is 335 g/mol. The van der Waals surface area contributed by atoms with E-state index in [1.807, 2.05) is 0 Å². The Bertz CT molecular complexity index is 611. The Balaban J connectivity index is 2.47. The van der Waals surface area contributed by atoms with Gasteiger partial charge in [0.25, 0.3) is 0 Å². The van der Waals surface area contributed by atoms with Gasteiger partial charge in [0.05, 0.1) is 5.56 Å². The van der Waals surface area contributed by atoms with Gasteiger partial charge in [-0.05, 0) is 22.0 Å². The Morgan fingerprint density at radius 2 is 2.16 bits per heavy atom. The van der Waals surface area contributed by atoms with Crippen molar-refractivity contribution < 1.29 is 18.4 Å². The first-order valence-electron chi connectivity index (χ1n) is 4.73. The molecule has 0 saturated carbocycles. The summed E-state index contributed by atoms with van der Waals surface area (Å²) in [6, 6.07) is 0.838. The summed E-state index contributed by atoms with van der Waals surface area (Å²) in [6.45, 7) is 0. The van der Waals surface area contributed by atoms with Crippen molar-refractivity contribution in [3.05, 3.63) is 40.6 Å². The minimum Gasteiger partial charge on any atom is -0.409 e. The highest BCUT2D eigenvalue weighted by Crippen LogP contribution is 2.31. The minimum atomic E-state index is -4.50. The molecule has 10 heteroatoms. The Labute approximate surface area is 112 Å². The molecule has 0 aliphatic carbocycles. The van der Waals surface area contributed by atoms with Gasteiger partial charge in [0.2, 0.25) is 5.84 Å². The third kappa shape index (κ3) is 2.72. The molecule has 0 aromatic carbocycles. The molecule has 0 bridgehead atoms. The van der Waals surface area contributed by atoms with Crippen LogP contribution in [0.25, 0.3) is 0 Å². The van der Waals surface area contributed by atoms with Crippen LogP contribution in [0.4, 0.5) is 13.2 Å². The summed E-state index contributed by atoms with van der Waals surface area (Å²) in [5.74, 6) is -0.155. The van der Waals surface area contributed by atoms with Crippen LogP contribution in [-0.4, -0.2) is 30.8 Å². The van der Waals surface area contributed by atoms with Crippen molar-refractivity contribution in [2.45, 2.75) is 6.18 Å². The van der Waals surface area contributed by atoms with Gasteiger partial charge in [-0.1, -0.05) is 5.16 Å². The van der Waals surface area contributed by atoms with Gasteiger partial charge in [0.1, 0.15) is 18.3 Å². The Morgan fingerprint density at radius 1 is 1.42 bits per heavy atom. The highest BCUT2D eigenvalue weighted by molar-refractivity contribution is 9.10. The van der Waals surface area contributed by atoms with Crippen LogP contribution in [0.5, 0.6) is 0 Å². The molecule has 0 fully saturated rings. The van der Waals surface area contributed by atoms with Crippen LogP contribution in [0.2, 0.25) is 0 Å². The predicted octanol–water partition coefficient (Wildman–Crippen LogP) is 2.14. The van der Waals surface area contributed by atoms with E-state index in [1.54, 1.807) is 0 Å². The molecule has 0 aliphatic heterocycles. The lowest BCUT2D eigenvalue weighted by atomic mass is 10.2. The van der Waals surface area contributed by atoms with Crippen LogP contribution < -0.4 is 0 Å². The minimum absolute atomic E-state index is 0.000926. The molecule has 6 nitrogen and oxygen atoms in total. The van der Waals surface area contributed by atoms with Crippen molar-refractivity contribution in [2.24, 2.45) is 5.16 Å². The molecule has 0 spiro atoms. The molecule has 0 amide bonds. The Hall–Kier alpha value is -1.97. The summed E-state index contributed by atoms with van der Waals surface area (Å²) in [6.07, 6.45) is -1.45. The maximum absolute atomic E-state index is 12.5. The molecular formula is C9H5BrF3N5O. The second kappa shape index (κ2) is 4.96. The summed E-state index contributed by atoms with van der Waals surface area (Å²) in [7, 11) is 0. The smallest absolute Gasteiger partial charge is 0.409 e. The van der Waals surface area contributed by atoms with Gasteiger partial charge in [-0.2, -0.15) is 23.0 Å². The van der Waals surface area contributed by atoms with E-state index in [9.17, 15) is 13.2 Å². The average Bonchev–Trinajstić information content (AvgIpc) is 2.84. The van der Waals surface area contributed by atoms with Gasteiger partial charge < -0.3 is 5.21 Å². The van der Waals surface area contributed by atoms with Gasteiger partial charge in [-0.15, -0.1) is 0 Å². The molecular weight excluding hydrogens is 331 g/mol. The van der Waals surface area contributed by atoms with Crippen molar-refractivity contribution in [3.8, 4) is 0 Å². The molecule has 2 heterocycles. The Morgan fingerprint density at radius 3 is 2.63 bits per heavy atom. The molecule has 0 saturated heterocycles. The molecule has 0 atom stereocenters. The summed E-state index contributed by atoms with van der Waals surface area (Å²) in [5.41, 5.74) is -0.917. The van der Waals surface area contributed by atoms with Crippen molar-refractivity contribution >= 4 is 21.8 Å². The number of hydrogen-bond donors (Lipinski definition) is 1. The molecule has 0 aliphatic rings. The first-order chi connectivity index (χ1) is 8.93. The van der Waals surface area contributed by atoms with Crippen LogP contribution in [-0.2, 0) is 6.18 Å². The highest BCUT2D eigenvalue weighted by Gasteiger charge is 2.32. The average molecular weight is 336 g/mol. The fourth-order valence-electron chi connectivity index (χ4n) is 1.28. The summed E-state index contributed by atoms with van der Waals surface area (Å²) in [4.78, 5) is 7.27. The number of rotatable bonds is 1. The van der Waals surface area contributed by atoms with E-state index in [-0.39, 0.29) is 16.0 Å². The first kappa shape index (κ1) is 13.5. The largest absolute Gasteiger partial charge is 0.417 e. The fourth-order valence-corrected chi connectivity index (χ4v) is 1.80. The standard InChI is InChI=1S/C9H5BrF3N5O/c10-6-1-5(9(11,12)13)2-15-7(6)8(17-19)18-4-14-3-16-18/h1-4,19H/b17-8+. The van der Waals surface area contributed by atoms with E-state index >= 15 is 0 Å². The van der Waals surface area contributed by atoms with Crippen LogP contribution in [0.3, 0.4) is 0 Å². The maximum atomic E-state index is 12.5. The molecule has 2 aromatic rings. The number of halogens is 4. The van der Waals surface area contributed by atoms with Crippen molar-refractivity contribution in [1.82, 2.24) is 19.7 Å². The molecule has 2 rings (SSSR count). The zero-order valence-electron chi connectivity index (χ0n) is 9.00. The van der Waals surface area contributed by atoms with Gasteiger partial charge in [0, 0.05) is 10.7 Å². The molecule has 0 radical (unpaired) electrons. The number of aromatic nitrogens is 4. The van der Waals surface area contributed by atoms with E-state index in [0.717, 1.165) is 10.7 Å². The van der Waals surface area contributed by atoms with Crippen LogP contribution in [0, 0.1) is 0 Å². The van der Waals surface area contributed by atoms with E-state index in [1.165, 1.54) is 12.7 Å². The van der Waals surface area contributed by atoms with Crippen molar-refractivity contribution in [2.75, 3.05) is 0 Å². The van der Waals surface area contributed by atoms with Crippen LogP contribution >= 0.6 is 15.9 Å². The second-order valence-corrected chi connectivity index (χ2v) is 4.17. The zero-order valence-corrected chi connectivity index (χ0v) is 10.6. The van der Waals surface area contributed by atoms with Crippen LogP contribution in [0.1, 0.15) is 11.3 Å². The van der Waals surface area contributed by atoms with Gasteiger partial charge in [0.15, 0.2) is 0 Å². The topological polar surface area (TPSA) is 76.2 Å². The quantitative estimate of drug-likeness (QED) is 0.375. The summed E-state index contributed by atoms with van der Waals surface area (Å²) < 4.78 is 38.6. The lowest BCUT2D eigenvalue weighted by Gasteiger charge is -2.09. The van der Waals surface area contributed by atoms with E-state index in [4.69, 9.17) is 5.21 Å². The van der Waals surface area contributed by atoms with Crippen molar-refractivity contribution in [3.63, 3.8) is 0 Å². The molecule has 100 valence electrons. The fraction of sp³-hybridized carbons (Fsp3) is 0.111. The summed E-state index contributed by atoms with van der Waals surface area (Å²) >= 11 is 2.95. The number of alkyl halides is 3. The first-order valence-corrected chi connectivity index (χ1v) is 5.53. The number of hydrogen-bond acceptors (Lipinski definition) is 5. The molecule has 0 unspecified atom stereocenters. The highest BCUT2D eigenvalue weighted by atomic mass is 79.9. The normalized spacial score (nSPS) is 12.7. The summed E-state index contributed by atoms with van der Waals surface area (Å²) in [5, 5.41) is 15.6. The van der Waals surface area contributed by atoms with E-state index < -0.39 is 11.7 Å². The number of nitrogens with zero attached hydrogens (tertiary/aromatic N) is 5. The predicted molar refractivity (Wildman–Crippen MR) is 60.7 cm³/mol. The molecule has 1 N–H and O–H groups in total. The van der Waals surface area contributed by atoms with Gasteiger partial charge in [-0.3, -0.25) is 4.98 Å². The molecule has 19 heavy (non-hydrogen) atoms. The van der Waals surface area contributed by atoms with Gasteiger partial charge >= 0.3 is 6.18 Å². The van der Waals surface area contributed by atoms with Crippen LogP contribution in [0.15, 0.2) is 34.5 Å². The molecule has 2 aromatic heterocycles. The lowest BCUT2D eigenvalue weighted by Crippen LogP contribution is -2.17. The van der Waals surface area contributed by atoms with E-state index in [0.29, 0.717) is 6.20 Å². The number of oxime groups is 1. The number of pyridine rings is 1. The third-order valence-electron chi connectivity index (χ3n) is 2.11. The Kier molecular flexibility index (Phi) is 3.51. The van der Waals surface area contributed by atoms with Crippen molar-refractivity contribution in [1.29, 1.82) is 0 Å². The zero-order chi connectivity index (χ0) is 14.0. The van der Waals surface area contributed by atoms with Gasteiger partial charge in [-0.25, -0.2) is 4.98 Å². The third-order valence-corrected chi connectivity index (χ3v) is 2.72.